The number of methoxy groups -OCH3 is 1. The average Bonchev–Trinajstić information content (AvgIpc) is 2.81. The molecule has 2 rings (SSSR count). The summed E-state index contributed by atoms with van der Waals surface area (Å²) in [5.74, 6) is 1.11. The van der Waals surface area contributed by atoms with Crippen LogP contribution in [0.2, 0.25) is 0 Å². The quantitative estimate of drug-likeness (QED) is 0.779. The van der Waals surface area contributed by atoms with Crippen LogP contribution in [0.3, 0.4) is 0 Å². The van der Waals surface area contributed by atoms with E-state index in [1.165, 1.54) is 12.1 Å². The van der Waals surface area contributed by atoms with Gasteiger partial charge in [-0.15, -0.1) is 21.8 Å². The molecule has 1 aromatic heterocycles. The van der Waals surface area contributed by atoms with Crippen molar-refractivity contribution in [1.29, 1.82) is 0 Å². The van der Waals surface area contributed by atoms with Gasteiger partial charge in [0.1, 0.15) is 11.6 Å². The largest absolute Gasteiger partial charge is 0.383 e. The Morgan fingerprint density at radius 1 is 1.42 bits per heavy atom. The van der Waals surface area contributed by atoms with E-state index in [1.54, 1.807) is 13.2 Å². The number of ether oxygens (including phenoxy) is 1. The number of rotatable bonds is 5. The van der Waals surface area contributed by atoms with Crippen LogP contribution in [-0.4, -0.2) is 28.5 Å². The third-order valence-electron chi connectivity index (χ3n) is 2.64. The summed E-state index contributed by atoms with van der Waals surface area (Å²) in [5.41, 5.74) is 0.639. The fraction of sp³-hybridized carbons (Fsp3) is 0.333. The third kappa shape index (κ3) is 3.13. The van der Waals surface area contributed by atoms with E-state index in [1.807, 2.05) is 4.57 Å². The van der Waals surface area contributed by atoms with E-state index in [9.17, 15) is 4.39 Å². The van der Waals surface area contributed by atoms with E-state index in [4.69, 9.17) is 16.3 Å². The molecular formula is C12H12BrClFN3O. The molecule has 7 heteroatoms. The van der Waals surface area contributed by atoms with Crippen molar-refractivity contribution >= 4 is 27.5 Å². The molecule has 0 saturated heterocycles. The Labute approximate surface area is 123 Å². The molecule has 0 saturated carbocycles. The SMILES string of the molecule is COCCn1c(CCl)nnc1-c1cc(F)ccc1Br. The van der Waals surface area contributed by atoms with Gasteiger partial charge in [0, 0.05) is 23.7 Å². The maximum Gasteiger partial charge on any atom is 0.165 e. The van der Waals surface area contributed by atoms with Crippen LogP contribution in [0.4, 0.5) is 4.39 Å². The lowest BCUT2D eigenvalue weighted by Gasteiger charge is -2.10. The Morgan fingerprint density at radius 3 is 2.89 bits per heavy atom. The molecule has 0 fully saturated rings. The molecule has 0 aliphatic heterocycles. The van der Waals surface area contributed by atoms with Crippen LogP contribution in [0.15, 0.2) is 22.7 Å². The predicted molar refractivity (Wildman–Crippen MR) is 74.5 cm³/mol. The first kappa shape index (κ1) is 14.4. The maximum atomic E-state index is 13.4. The van der Waals surface area contributed by atoms with Crippen LogP contribution in [0.25, 0.3) is 11.4 Å². The molecule has 0 spiro atoms. The van der Waals surface area contributed by atoms with Crippen molar-refractivity contribution in [2.75, 3.05) is 13.7 Å². The first-order valence-corrected chi connectivity index (χ1v) is 6.92. The third-order valence-corrected chi connectivity index (χ3v) is 3.57. The van der Waals surface area contributed by atoms with Crippen molar-refractivity contribution in [2.45, 2.75) is 12.4 Å². The van der Waals surface area contributed by atoms with E-state index >= 15 is 0 Å². The zero-order chi connectivity index (χ0) is 13.8. The van der Waals surface area contributed by atoms with Gasteiger partial charge in [-0.1, -0.05) is 15.9 Å². The van der Waals surface area contributed by atoms with E-state index < -0.39 is 0 Å². The summed E-state index contributed by atoms with van der Waals surface area (Å²) in [6.07, 6.45) is 0. The van der Waals surface area contributed by atoms with Gasteiger partial charge >= 0.3 is 0 Å². The average molecular weight is 349 g/mol. The topological polar surface area (TPSA) is 39.9 Å². The number of hydrogen-bond acceptors (Lipinski definition) is 3. The Hall–Kier alpha value is -0.980. The highest BCUT2D eigenvalue weighted by Crippen LogP contribution is 2.28. The van der Waals surface area contributed by atoms with Gasteiger partial charge in [-0.25, -0.2) is 4.39 Å². The number of nitrogens with zero attached hydrogens (tertiary/aromatic N) is 3. The lowest BCUT2D eigenvalue weighted by molar-refractivity contribution is 0.187. The van der Waals surface area contributed by atoms with Crippen molar-refractivity contribution < 1.29 is 9.13 Å². The van der Waals surface area contributed by atoms with E-state index in [-0.39, 0.29) is 11.7 Å². The molecule has 0 aliphatic carbocycles. The number of aromatic nitrogens is 3. The predicted octanol–water partition coefficient (Wildman–Crippen LogP) is 3.23. The van der Waals surface area contributed by atoms with Crippen molar-refractivity contribution in [3.63, 3.8) is 0 Å². The Bertz CT molecular complexity index is 576. The second-order valence-electron chi connectivity index (χ2n) is 3.84. The highest BCUT2D eigenvalue weighted by Gasteiger charge is 2.15. The number of halogens is 3. The Kier molecular flexibility index (Phi) is 4.90. The minimum absolute atomic E-state index is 0.240. The zero-order valence-corrected chi connectivity index (χ0v) is 12.6. The van der Waals surface area contributed by atoms with Crippen LogP contribution in [-0.2, 0) is 17.2 Å². The fourth-order valence-electron chi connectivity index (χ4n) is 1.72. The molecular weight excluding hydrogens is 337 g/mol. The van der Waals surface area contributed by atoms with Crippen molar-refractivity contribution in [2.24, 2.45) is 0 Å². The Balaban J connectivity index is 2.49. The molecule has 2 aromatic rings. The molecule has 0 atom stereocenters. The normalized spacial score (nSPS) is 10.9. The van der Waals surface area contributed by atoms with Gasteiger partial charge in [0.15, 0.2) is 5.82 Å². The second kappa shape index (κ2) is 6.45. The van der Waals surface area contributed by atoms with E-state index in [2.05, 4.69) is 26.1 Å². The summed E-state index contributed by atoms with van der Waals surface area (Å²) in [4.78, 5) is 0. The van der Waals surface area contributed by atoms with Gasteiger partial charge in [-0.2, -0.15) is 0 Å². The number of alkyl halides is 1. The van der Waals surface area contributed by atoms with Crippen LogP contribution in [0.1, 0.15) is 5.82 Å². The molecule has 0 aliphatic rings. The first-order chi connectivity index (χ1) is 9.17. The Morgan fingerprint density at radius 2 is 2.21 bits per heavy atom. The van der Waals surface area contributed by atoms with Gasteiger partial charge < -0.3 is 9.30 Å². The van der Waals surface area contributed by atoms with Gasteiger partial charge in [-0.05, 0) is 18.2 Å². The molecule has 0 N–H and O–H groups in total. The van der Waals surface area contributed by atoms with Gasteiger partial charge in [-0.3, -0.25) is 0 Å². The van der Waals surface area contributed by atoms with Crippen LogP contribution in [0, 0.1) is 5.82 Å². The number of benzene rings is 1. The minimum Gasteiger partial charge on any atom is -0.383 e. The lowest BCUT2D eigenvalue weighted by atomic mass is 10.2. The smallest absolute Gasteiger partial charge is 0.165 e. The molecule has 1 heterocycles. The molecule has 19 heavy (non-hydrogen) atoms. The molecule has 0 amide bonds. The van der Waals surface area contributed by atoms with Crippen molar-refractivity contribution in [3.8, 4) is 11.4 Å². The van der Waals surface area contributed by atoms with Crippen molar-refractivity contribution in [1.82, 2.24) is 14.8 Å². The van der Waals surface area contributed by atoms with Crippen molar-refractivity contribution in [3.05, 3.63) is 34.3 Å². The molecule has 0 radical (unpaired) electrons. The summed E-state index contributed by atoms with van der Waals surface area (Å²) in [6.45, 7) is 1.06. The number of hydrogen-bond donors (Lipinski definition) is 0. The van der Waals surface area contributed by atoms with E-state index in [0.29, 0.717) is 30.4 Å². The summed E-state index contributed by atoms with van der Waals surface area (Å²) in [5, 5.41) is 8.11. The highest BCUT2D eigenvalue weighted by molar-refractivity contribution is 9.10. The maximum absolute atomic E-state index is 13.4. The van der Waals surface area contributed by atoms with Gasteiger partial charge in [0.2, 0.25) is 0 Å². The molecule has 0 unspecified atom stereocenters. The second-order valence-corrected chi connectivity index (χ2v) is 4.96. The lowest BCUT2D eigenvalue weighted by Crippen LogP contribution is -2.09. The molecule has 4 nitrogen and oxygen atoms in total. The van der Waals surface area contributed by atoms with Gasteiger partial charge in [0.25, 0.3) is 0 Å². The molecule has 102 valence electrons. The molecule has 1 aromatic carbocycles. The monoisotopic (exact) mass is 347 g/mol. The van der Waals surface area contributed by atoms with Crippen LogP contribution >= 0.6 is 27.5 Å². The zero-order valence-electron chi connectivity index (χ0n) is 10.2. The highest BCUT2D eigenvalue weighted by atomic mass is 79.9. The summed E-state index contributed by atoms with van der Waals surface area (Å²) in [6, 6.07) is 4.43. The van der Waals surface area contributed by atoms with E-state index in [0.717, 1.165) is 4.47 Å². The van der Waals surface area contributed by atoms with Gasteiger partial charge in [0.05, 0.1) is 12.5 Å². The summed E-state index contributed by atoms with van der Waals surface area (Å²) < 4.78 is 21.0. The minimum atomic E-state index is -0.327. The van der Waals surface area contributed by atoms with Crippen LogP contribution < -0.4 is 0 Å². The standard InChI is InChI=1S/C12H12BrClFN3O/c1-19-5-4-18-11(7-14)16-17-12(18)9-6-8(15)2-3-10(9)13/h2-3,6H,4-5,7H2,1H3. The van der Waals surface area contributed by atoms with Crippen LogP contribution in [0.5, 0.6) is 0 Å². The fourth-order valence-corrected chi connectivity index (χ4v) is 2.34. The summed E-state index contributed by atoms with van der Waals surface area (Å²) in [7, 11) is 1.61. The summed E-state index contributed by atoms with van der Waals surface area (Å²) >= 11 is 9.22. The first-order valence-electron chi connectivity index (χ1n) is 5.59. The molecule has 0 bridgehead atoms.